The molecule has 2 rings (SSSR count). The van der Waals surface area contributed by atoms with Crippen LogP contribution in [-0.4, -0.2) is 35.9 Å². The van der Waals surface area contributed by atoms with E-state index in [1.165, 1.54) is 19.3 Å². The number of ether oxygens (including phenoxy) is 1. The summed E-state index contributed by atoms with van der Waals surface area (Å²) < 4.78 is 5.84. The van der Waals surface area contributed by atoms with E-state index in [0.29, 0.717) is 30.0 Å². The average molecular weight is 275 g/mol. The molecule has 0 radical (unpaired) electrons. The summed E-state index contributed by atoms with van der Waals surface area (Å²) in [7, 11) is 0. The molecule has 3 nitrogen and oxygen atoms in total. The van der Waals surface area contributed by atoms with Crippen LogP contribution in [0, 0.1) is 0 Å². The fourth-order valence-corrected chi connectivity index (χ4v) is 3.06. The molecule has 0 aromatic heterocycles. The second-order valence-electron chi connectivity index (χ2n) is 5.77. The molecule has 3 heteroatoms. The maximum absolute atomic E-state index is 11.5. The average Bonchev–Trinajstić information content (AvgIpc) is 2.42. The summed E-state index contributed by atoms with van der Waals surface area (Å²) in [6.07, 6.45) is 3.87. The van der Waals surface area contributed by atoms with Gasteiger partial charge >= 0.3 is 0 Å². The van der Waals surface area contributed by atoms with Gasteiger partial charge in [-0.2, -0.15) is 0 Å². The van der Waals surface area contributed by atoms with Crippen molar-refractivity contribution in [1.29, 1.82) is 0 Å². The maximum Gasteiger partial charge on any atom is 0.163 e. The van der Waals surface area contributed by atoms with Gasteiger partial charge in [0, 0.05) is 18.6 Å². The number of ketones is 1. The number of piperidine rings is 1. The molecule has 0 aliphatic carbocycles. The number of Topliss-reactive ketones (excluding diaryl/α,β-unsaturated/α-hetero) is 1. The van der Waals surface area contributed by atoms with Crippen molar-refractivity contribution < 1.29 is 9.53 Å². The van der Waals surface area contributed by atoms with Crippen molar-refractivity contribution in [3.8, 4) is 5.75 Å². The quantitative estimate of drug-likeness (QED) is 0.770. The van der Waals surface area contributed by atoms with Gasteiger partial charge in [-0.1, -0.05) is 18.6 Å². The molecule has 1 heterocycles. The SMILES string of the molecule is CC(=O)c1ccccc1OCCN1[C@H](C)CCC[C@@H]1C. The van der Waals surface area contributed by atoms with Crippen molar-refractivity contribution in [3.63, 3.8) is 0 Å². The van der Waals surface area contributed by atoms with Gasteiger partial charge in [0.2, 0.25) is 0 Å². The molecule has 1 saturated heterocycles. The summed E-state index contributed by atoms with van der Waals surface area (Å²) >= 11 is 0. The van der Waals surface area contributed by atoms with E-state index in [4.69, 9.17) is 4.74 Å². The zero-order valence-electron chi connectivity index (χ0n) is 12.8. The van der Waals surface area contributed by atoms with Crippen molar-refractivity contribution in [2.24, 2.45) is 0 Å². The number of carbonyl (C=O) groups excluding carboxylic acids is 1. The summed E-state index contributed by atoms with van der Waals surface area (Å²) in [6, 6.07) is 8.74. The Labute approximate surface area is 121 Å². The van der Waals surface area contributed by atoms with Crippen LogP contribution in [0.3, 0.4) is 0 Å². The van der Waals surface area contributed by atoms with Crippen LogP contribution in [0.2, 0.25) is 0 Å². The Bertz CT molecular complexity index is 448. The Balaban J connectivity index is 1.91. The molecule has 1 aliphatic rings. The molecular formula is C17H25NO2. The number of likely N-dealkylation sites (tertiary alicyclic amines) is 1. The Morgan fingerprint density at radius 1 is 1.25 bits per heavy atom. The third-order valence-corrected chi connectivity index (χ3v) is 4.25. The van der Waals surface area contributed by atoms with E-state index in [0.717, 1.165) is 6.54 Å². The minimum absolute atomic E-state index is 0.0558. The number of hydrogen-bond donors (Lipinski definition) is 0. The summed E-state index contributed by atoms with van der Waals surface area (Å²) in [5.41, 5.74) is 0.673. The summed E-state index contributed by atoms with van der Waals surface area (Å²) in [6.45, 7) is 7.73. The third kappa shape index (κ3) is 3.60. The van der Waals surface area contributed by atoms with Gasteiger partial charge < -0.3 is 4.74 Å². The van der Waals surface area contributed by atoms with Crippen LogP contribution in [0.5, 0.6) is 5.75 Å². The lowest BCUT2D eigenvalue weighted by molar-refractivity contribution is 0.0844. The van der Waals surface area contributed by atoms with E-state index in [9.17, 15) is 4.79 Å². The summed E-state index contributed by atoms with van der Waals surface area (Å²) in [4.78, 5) is 14.1. The minimum Gasteiger partial charge on any atom is -0.491 e. The molecule has 1 aromatic rings. The topological polar surface area (TPSA) is 29.5 Å². The van der Waals surface area contributed by atoms with Crippen LogP contribution in [0.25, 0.3) is 0 Å². The highest BCUT2D eigenvalue weighted by atomic mass is 16.5. The lowest BCUT2D eigenvalue weighted by Gasteiger charge is -2.38. The van der Waals surface area contributed by atoms with Crippen molar-refractivity contribution in [2.45, 2.75) is 52.1 Å². The van der Waals surface area contributed by atoms with Gasteiger partial charge in [0.1, 0.15) is 12.4 Å². The highest BCUT2D eigenvalue weighted by molar-refractivity contribution is 5.96. The first-order valence-corrected chi connectivity index (χ1v) is 7.58. The molecule has 20 heavy (non-hydrogen) atoms. The normalized spacial score (nSPS) is 23.6. The number of nitrogens with zero attached hydrogens (tertiary/aromatic N) is 1. The fourth-order valence-electron chi connectivity index (χ4n) is 3.06. The monoisotopic (exact) mass is 275 g/mol. The summed E-state index contributed by atoms with van der Waals surface area (Å²) in [5, 5.41) is 0. The van der Waals surface area contributed by atoms with Crippen molar-refractivity contribution in [1.82, 2.24) is 4.90 Å². The Hall–Kier alpha value is -1.35. The van der Waals surface area contributed by atoms with Crippen LogP contribution in [-0.2, 0) is 0 Å². The molecule has 0 amide bonds. The predicted octanol–water partition coefficient (Wildman–Crippen LogP) is 3.53. The summed E-state index contributed by atoms with van der Waals surface area (Å²) in [5.74, 6) is 0.762. The van der Waals surface area contributed by atoms with E-state index in [1.807, 2.05) is 24.3 Å². The van der Waals surface area contributed by atoms with Gasteiger partial charge in [0.05, 0.1) is 5.56 Å². The second kappa shape index (κ2) is 6.89. The van der Waals surface area contributed by atoms with Gasteiger partial charge in [-0.25, -0.2) is 0 Å². The number of para-hydroxylation sites is 1. The van der Waals surface area contributed by atoms with E-state index in [2.05, 4.69) is 18.7 Å². The van der Waals surface area contributed by atoms with Gasteiger partial charge in [-0.3, -0.25) is 9.69 Å². The van der Waals surface area contributed by atoms with E-state index < -0.39 is 0 Å². The second-order valence-corrected chi connectivity index (χ2v) is 5.77. The van der Waals surface area contributed by atoms with Crippen LogP contribution in [0.15, 0.2) is 24.3 Å². The molecule has 0 bridgehead atoms. The molecule has 1 fully saturated rings. The number of benzene rings is 1. The van der Waals surface area contributed by atoms with E-state index >= 15 is 0 Å². The smallest absolute Gasteiger partial charge is 0.163 e. The molecule has 0 saturated carbocycles. The standard InChI is InChI=1S/C17H25NO2/c1-13-7-6-8-14(2)18(13)11-12-20-17-10-5-4-9-16(17)15(3)19/h4-5,9-10,13-14H,6-8,11-12H2,1-3H3/t13-,14+. The van der Waals surface area contributed by atoms with Gasteiger partial charge in [-0.15, -0.1) is 0 Å². The van der Waals surface area contributed by atoms with E-state index in [1.54, 1.807) is 6.92 Å². The molecule has 0 spiro atoms. The van der Waals surface area contributed by atoms with Gasteiger partial charge in [0.25, 0.3) is 0 Å². The lowest BCUT2D eigenvalue weighted by atomic mass is 9.98. The van der Waals surface area contributed by atoms with E-state index in [-0.39, 0.29) is 5.78 Å². The maximum atomic E-state index is 11.5. The van der Waals surface area contributed by atoms with Gasteiger partial charge in [-0.05, 0) is 45.7 Å². The number of hydrogen-bond acceptors (Lipinski definition) is 3. The molecule has 2 atom stereocenters. The molecule has 0 N–H and O–H groups in total. The molecule has 0 unspecified atom stereocenters. The fraction of sp³-hybridized carbons (Fsp3) is 0.588. The number of carbonyl (C=O) groups is 1. The largest absolute Gasteiger partial charge is 0.491 e. The first-order chi connectivity index (χ1) is 9.59. The highest BCUT2D eigenvalue weighted by Gasteiger charge is 2.24. The highest BCUT2D eigenvalue weighted by Crippen LogP contribution is 2.23. The number of rotatable bonds is 5. The van der Waals surface area contributed by atoms with Crippen molar-refractivity contribution in [2.75, 3.05) is 13.2 Å². The van der Waals surface area contributed by atoms with Crippen LogP contribution < -0.4 is 4.74 Å². The predicted molar refractivity (Wildman–Crippen MR) is 81.4 cm³/mol. The molecular weight excluding hydrogens is 250 g/mol. The third-order valence-electron chi connectivity index (χ3n) is 4.25. The first kappa shape index (κ1) is 15.0. The Kier molecular flexibility index (Phi) is 5.18. The van der Waals surface area contributed by atoms with Gasteiger partial charge in [0.15, 0.2) is 5.78 Å². The zero-order valence-corrected chi connectivity index (χ0v) is 12.8. The molecule has 1 aliphatic heterocycles. The minimum atomic E-state index is 0.0558. The Morgan fingerprint density at radius 3 is 2.55 bits per heavy atom. The van der Waals surface area contributed by atoms with Crippen LogP contribution >= 0.6 is 0 Å². The van der Waals surface area contributed by atoms with Crippen molar-refractivity contribution >= 4 is 5.78 Å². The van der Waals surface area contributed by atoms with Crippen LogP contribution in [0.1, 0.15) is 50.4 Å². The lowest BCUT2D eigenvalue weighted by Crippen LogP contribution is -2.45. The van der Waals surface area contributed by atoms with Crippen molar-refractivity contribution in [3.05, 3.63) is 29.8 Å². The van der Waals surface area contributed by atoms with Crippen LogP contribution in [0.4, 0.5) is 0 Å². The zero-order chi connectivity index (χ0) is 14.5. The Morgan fingerprint density at radius 2 is 1.90 bits per heavy atom. The first-order valence-electron chi connectivity index (χ1n) is 7.58. The molecule has 1 aromatic carbocycles. The molecule has 110 valence electrons.